The lowest BCUT2D eigenvalue weighted by Crippen LogP contribution is -2.54. The van der Waals surface area contributed by atoms with Gasteiger partial charge in [0.15, 0.2) is 5.54 Å². The Labute approximate surface area is 189 Å². The van der Waals surface area contributed by atoms with Crippen molar-refractivity contribution in [2.75, 3.05) is 13.1 Å². The Bertz CT molecular complexity index is 1400. The maximum absolute atomic E-state index is 13.3. The third-order valence-corrected chi connectivity index (χ3v) is 6.75. The van der Waals surface area contributed by atoms with Crippen LogP contribution in [0.2, 0.25) is 0 Å². The minimum absolute atomic E-state index is 0.0677. The molecule has 8 nitrogen and oxygen atoms in total. The van der Waals surface area contributed by atoms with E-state index in [1.54, 1.807) is 17.0 Å². The van der Waals surface area contributed by atoms with E-state index < -0.39 is 5.54 Å². The summed E-state index contributed by atoms with van der Waals surface area (Å²) in [5.74, 6) is 0.0331. The molecule has 3 N–H and O–H groups in total. The predicted octanol–water partition coefficient (Wildman–Crippen LogP) is 2.07. The van der Waals surface area contributed by atoms with Crippen LogP contribution in [0.15, 0.2) is 53.2 Å². The van der Waals surface area contributed by atoms with E-state index in [1.165, 1.54) is 0 Å². The van der Waals surface area contributed by atoms with E-state index in [0.29, 0.717) is 53.2 Å². The number of amides is 3. The highest BCUT2D eigenvalue weighted by molar-refractivity contribution is 6.09. The average molecular weight is 442 g/mol. The van der Waals surface area contributed by atoms with Crippen LogP contribution in [-0.4, -0.2) is 35.7 Å². The van der Waals surface area contributed by atoms with Crippen LogP contribution in [0.25, 0.3) is 11.0 Å². The van der Waals surface area contributed by atoms with Crippen LogP contribution in [0.4, 0.5) is 0 Å². The standard InChI is InChI=1S/C25H22N4O4/c1-13-3-5-17-15(9-13)7-8-29(23(17)31)12-25(24(32)27-14(2)28-25)20-10-18-19(33-20)6-4-16-11-26-22(30)21(16)18/h3-6,9-10,28H,2,7-8,11-12H2,1H3,(H,26,30)(H,27,32)/t25-/m0/s1. The van der Waals surface area contributed by atoms with Crippen molar-refractivity contribution in [3.05, 3.63) is 82.4 Å². The Morgan fingerprint density at radius 1 is 1.12 bits per heavy atom. The molecular weight excluding hydrogens is 420 g/mol. The van der Waals surface area contributed by atoms with Gasteiger partial charge in [-0.1, -0.05) is 30.3 Å². The molecule has 1 atom stereocenters. The van der Waals surface area contributed by atoms with Gasteiger partial charge in [0.05, 0.1) is 17.9 Å². The predicted molar refractivity (Wildman–Crippen MR) is 120 cm³/mol. The van der Waals surface area contributed by atoms with Gasteiger partial charge in [0, 0.05) is 24.0 Å². The number of hydrogen-bond donors (Lipinski definition) is 3. The third-order valence-electron chi connectivity index (χ3n) is 6.75. The first-order valence-electron chi connectivity index (χ1n) is 10.9. The largest absolute Gasteiger partial charge is 0.458 e. The fourth-order valence-electron chi connectivity index (χ4n) is 5.10. The lowest BCUT2D eigenvalue weighted by Gasteiger charge is -2.35. The first-order valence-corrected chi connectivity index (χ1v) is 10.9. The number of carbonyl (C=O) groups is 3. The molecule has 2 aromatic carbocycles. The molecule has 3 aliphatic rings. The van der Waals surface area contributed by atoms with Gasteiger partial charge in [-0.2, -0.15) is 0 Å². The van der Waals surface area contributed by atoms with Crippen molar-refractivity contribution in [3.63, 3.8) is 0 Å². The van der Waals surface area contributed by atoms with Crippen LogP contribution in [0.3, 0.4) is 0 Å². The summed E-state index contributed by atoms with van der Waals surface area (Å²) in [4.78, 5) is 40.6. The SMILES string of the molecule is C=C1NC(=O)[C@](CN2CCc3cc(C)ccc3C2=O)(c2cc3c4c(ccc3o2)CNC4=O)N1. The van der Waals surface area contributed by atoms with Crippen molar-refractivity contribution in [2.24, 2.45) is 0 Å². The van der Waals surface area contributed by atoms with Gasteiger partial charge in [0.1, 0.15) is 11.3 Å². The van der Waals surface area contributed by atoms with Crippen molar-refractivity contribution < 1.29 is 18.8 Å². The monoisotopic (exact) mass is 442 g/mol. The molecule has 0 bridgehead atoms. The molecule has 3 aliphatic heterocycles. The number of benzene rings is 2. The van der Waals surface area contributed by atoms with Crippen LogP contribution in [0, 0.1) is 6.92 Å². The number of nitrogens with zero attached hydrogens (tertiary/aromatic N) is 1. The van der Waals surface area contributed by atoms with Crippen LogP contribution in [-0.2, 0) is 23.3 Å². The molecule has 3 amide bonds. The van der Waals surface area contributed by atoms with Crippen molar-refractivity contribution in [3.8, 4) is 0 Å². The van der Waals surface area contributed by atoms with E-state index in [4.69, 9.17) is 4.42 Å². The van der Waals surface area contributed by atoms with Crippen molar-refractivity contribution in [2.45, 2.75) is 25.4 Å². The lowest BCUT2D eigenvalue weighted by atomic mass is 9.91. The maximum Gasteiger partial charge on any atom is 0.261 e. The van der Waals surface area contributed by atoms with Crippen molar-refractivity contribution in [1.82, 2.24) is 20.9 Å². The molecular formula is C25H22N4O4. The van der Waals surface area contributed by atoms with Gasteiger partial charge in [-0.3, -0.25) is 14.4 Å². The number of aryl methyl sites for hydroxylation is 1. The Hall–Kier alpha value is -4.07. The Balaban J connectivity index is 1.43. The number of rotatable bonds is 3. The molecule has 166 valence electrons. The van der Waals surface area contributed by atoms with Crippen molar-refractivity contribution >= 4 is 28.7 Å². The highest BCUT2D eigenvalue weighted by Crippen LogP contribution is 2.36. The van der Waals surface area contributed by atoms with Gasteiger partial charge in [-0.25, -0.2) is 0 Å². The van der Waals surface area contributed by atoms with E-state index in [-0.39, 0.29) is 24.3 Å². The molecule has 0 saturated carbocycles. The Morgan fingerprint density at radius 3 is 2.76 bits per heavy atom. The summed E-state index contributed by atoms with van der Waals surface area (Å²) in [5.41, 5.74) is 3.39. The Kier molecular flexibility index (Phi) is 3.99. The van der Waals surface area contributed by atoms with Crippen molar-refractivity contribution in [1.29, 1.82) is 0 Å². The fraction of sp³-hybridized carbons (Fsp3) is 0.240. The minimum Gasteiger partial charge on any atom is -0.458 e. The van der Waals surface area contributed by atoms with E-state index in [1.807, 2.05) is 31.2 Å². The zero-order chi connectivity index (χ0) is 22.9. The fourth-order valence-corrected chi connectivity index (χ4v) is 5.10. The quantitative estimate of drug-likeness (QED) is 0.576. The zero-order valence-corrected chi connectivity index (χ0v) is 18.1. The van der Waals surface area contributed by atoms with Gasteiger partial charge in [0.2, 0.25) is 0 Å². The van der Waals surface area contributed by atoms with Gasteiger partial charge in [-0.05, 0) is 42.7 Å². The first kappa shape index (κ1) is 19.6. The zero-order valence-electron chi connectivity index (χ0n) is 18.1. The summed E-state index contributed by atoms with van der Waals surface area (Å²) in [6.07, 6.45) is 0.704. The molecule has 0 spiro atoms. The number of hydrogen-bond acceptors (Lipinski definition) is 5. The summed E-state index contributed by atoms with van der Waals surface area (Å²) in [6, 6.07) is 11.2. The third kappa shape index (κ3) is 2.80. The molecule has 1 fully saturated rings. The number of furan rings is 1. The molecule has 4 heterocycles. The molecule has 1 saturated heterocycles. The van der Waals surface area contributed by atoms with E-state index in [2.05, 4.69) is 22.5 Å². The smallest absolute Gasteiger partial charge is 0.261 e. The van der Waals surface area contributed by atoms with Gasteiger partial charge < -0.3 is 25.3 Å². The Morgan fingerprint density at radius 2 is 1.97 bits per heavy atom. The highest BCUT2D eigenvalue weighted by Gasteiger charge is 2.51. The lowest BCUT2D eigenvalue weighted by molar-refractivity contribution is -0.125. The van der Waals surface area contributed by atoms with E-state index in [9.17, 15) is 14.4 Å². The topological polar surface area (TPSA) is 104 Å². The number of nitrogens with one attached hydrogen (secondary N) is 3. The van der Waals surface area contributed by atoms with Gasteiger partial charge in [-0.15, -0.1) is 0 Å². The van der Waals surface area contributed by atoms with Gasteiger partial charge in [0.25, 0.3) is 17.7 Å². The normalized spacial score (nSPS) is 21.7. The van der Waals surface area contributed by atoms with Crippen LogP contribution >= 0.6 is 0 Å². The van der Waals surface area contributed by atoms with Crippen LogP contribution in [0.1, 0.15) is 43.2 Å². The summed E-state index contributed by atoms with van der Waals surface area (Å²) in [7, 11) is 0. The molecule has 33 heavy (non-hydrogen) atoms. The first-order chi connectivity index (χ1) is 15.9. The highest BCUT2D eigenvalue weighted by atomic mass is 16.3. The molecule has 1 aromatic heterocycles. The summed E-state index contributed by atoms with van der Waals surface area (Å²) in [6.45, 7) is 6.87. The number of carbonyl (C=O) groups excluding carboxylic acids is 3. The second kappa shape index (κ2) is 6.71. The maximum atomic E-state index is 13.3. The van der Waals surface area contributed by atoms with E-state index in [0.717, 1.165) is 16.7 Å². The van der Waals surface area contributed by atoms with E-state index >= 15 is 0 Å². The summed E-state index contributed by atoms with van der Waals surface area (Å²) in [5, 5.41) is 9.32. The molecule has 0 unspecified atom stereocenters. The molecule has 3 aromatic rings. The van der Waals surface area contributed by atoms with Crippen LogP contribution in [0.5, 0.6) is 0 Å². The molecule has 0 radical (unpaired) electrons. The summed E-state index contributed by atoms with van der Waals surface area (Å²) < 4.78 is 6.13. The summed E-state index contributed by atoms with van der Waals surface area (Å²) >= 11 is 0. The van der Waals surface area contributed by atoms with Gasteiger partial charge >= 0.3 is 0 Å². The molecule has 8 heteroatoms. The number of fused-ring (bicyclic) bond motifs is 4. The average Bonchev–Trinajstić information content (AvgIpc) is 3.45. The minimum atomic E-state index is -1.35. The molecule has 0 aliphatic carbocycles. The second-order valence-corrected chi connectivity index (χ2v) is 8.91. The molecule has 6 rings (SSSR count). The second-order valence-electron chi connectivity index (χ2n) is 8.91. The van der Waals surface area contributed by atoms with Crippen LogP contribution < -0.4 is 16.0 Å².